The van der Waals surface area contributed by atoms with Gasteiger partial charge in [-0.2, -0.15) is 0 Å². The zero-order valence-electron chi connectivity index (χ0n) is 10.8. The number of nitrogens with one attached hydrogen (secondary N) is 1. The first-order chi connectivity index (χ1) is 9.54. The quantitative estimate of drug-likeness (QED) is 0.645. The van der Waals surface area contributed by atoms with Crippen molar-refractivity contribution in [3.05, 3.63) is 28.9 Å². The molecule has 1 atom stereocenters. The van der Waals surface area contributed by atoms with Crippen molar-refractivity contribution in [1.82, 2.24) is 9.88 Å². The summed E-state index contributed by atoms with van der Waals surface area (Å²) in [5.41, 5.74) is 0.785. The lowest BCUT2D eigenvalue weighted by Crippen LogP contribution is -2.43. The summed E-state index contributed by atoms with van der Waals surface area (Å²) in [6.45, 7) is 1.88. The number of hydrogen-bond donors (Lipinski definition) is 2. The second-order valence-electron chi connectivity index (χ2n) is 4.32. The van der Waals surface area contributed by atoms with Gasteiger partial charge in [0.05, 0.1) is 4.91 Å². The number of amides is 1. The van der Waals surface area contributed by atoms with E-state index in [1.54, 1.807) is 12.3 Å². The number of aromatic nitrogens is 1. The van der Waals surface area contributed by atoms with Crippen LogP contribution in [0.25, 0.3) is 6.08 Å². The minimum absolute atomic E-state index is 0.300. The van der Waals surface area contributed by atoms with Gasteiger partial charge in [0.25, 0.3) is 5.91 Å². The largest absolute Gasteiger partial charge is 0.480 e. The second kappa shape index (κ2) is 6.23. The zero-order chi connectivity index (χ0) is 14.7. The average molecular weight is 310 g/mol. The van der Waals surface area contributed by atoms with Crippen molar-refractivity contribution in [1.29, 1.82) is 0 Å². The van der Waals surface area contributed by atoms with E-state index in [0.29, 0.717) is 22.1 Å². The normalized spacial score (nSPS) is 18.9. The summed E-state index contributed by atoms with van der Waals surface area (Å²) in [5, 5.41) is 9.25. The number of aliphatic carboxylic acids is 1. The third-order valence-electron chi connectivity index (χ3n) is 2.89. The molecule has 0 bridgehead atoms. The van der Waals surface area contributed by atoms with E-state index in [-0.39, 0.29) is 5.91 Å². The Hall–Kier alpha value is -1.60. The topological polar surface area (TPSA) is 73.4 Å². The monoisotopic (exact) mass is 310 g/mol. The fraction of sp³-hybridized carbons (Fsp3) is 0.308. The molecule has 2 rings (SSSR count). The van der Waals surface area contributed by atoms with Crippen LogP contribution in [0.3, 0.4) is 0 Å². The third kappa shape index (κ3) is 2.94. The van der Waals surface area contributed by atoms with Gasteiger partial charge in [0, 0.05) is 11.9 Å². The van der Waals surface area contributed by atoms with Crippen LogP contribution in [-0.2, 0) is 9.59 Å². The number of hydrogen-bond acceptors (Lipinski definition) is 4. The standard InChI is InChI=1S/C13H14N2O3S2/c1-2-4-9(12(17)18)15-11(16)10(20-13(15)19)7-8-5-3-6-14-8/h3,5-7,9,14H,2,4H2,1H3,(H,17,18)/b10-7-/t9-/m1/s1. The molecule has 1 aromatic heterocycles. The molecule has 0 aromatic carbocycles. The lowest BCUT2D eigenvalue weighted by Gasteiger charge is -2.22. The highest BCUT2D eigenvalue weighted by molar-refractivity contribution is 8.26. The predicted octanol–water partition coefficient (Wildman–Crippen LogP) is 2.47. The average Bonchev–Trinajstić information content (AvgIpc) is 2.98. The summed E-state index contributed by atoms with van der Waals surface area (Å²) in [6, 6.07) is 2.76. The van der Waals surface area contributed by atoms with Crippen molar-refractivity contribution >= 4 is 46.3 Å². The summed E-state index contributed by atoms with van der Waals surface area (Å²) in [6.07, 6.45) is 4.50. The van der Waals surface area contributed by atoms with Gasteiger partial charge < -0.3 is 10.1 Å². The number of thioether (sulfide) groups is 1. The Morgan fingerprint density at radius 3 is 2.95 bits per heavy atom. The number of H-pyrrole nitrogens is 1. The van der Waals surface area contributed by atoms with Crippen LogP contribution < -0.4 is 0 Å². The minimum Gasteiger partial charge on any atom is -0.480 e. The van der Waals surface area contributed by atoms with Crippen molar-refractivity contribution in [2.75, 3.05) is 0 Å². The first-order valence-electron chi connectivity index (χ1n) is 6.18. The maximum absolute atomic E-state index is 12.3. The zero-order valence-corrected chi connectivity index (χ0v) is 12.5. The molecule has 1 amide bonds. The molecule has 0 unspecified atom stereocenters. The summed E-state index contributed by atoms with van der Waals surface area (Å²) in [4.78, 5) is 28.3. The van der Waals surface area contributed by atoms with Crippen molar-refractivity contribution in [3.8, 4) is 0 Å². The number of thiocarbonyl (C=S) groups is 1. The van der Waals surface area contributed by atoms with Gasteiger partial charge in [-0.3, -0.25) is 9.69 Å². The lowest BCUT2D eigenvalue weighted by atomic mass is 10.1. The summed E-state index contributed by atoms with van der Waals surface area (Å²) in [5.74, 6) is -1.36. The molecule has 5 nitrogen and oxygen atoms in total. The Bertz CT molecular complexity index is 566. The van der Waals surface area contributed by atoms with Crippen LogP contribution in [0.4, 0.5) is 0 Å². The van der Waals surface area contributed by atoms with Crippen LogP contribution in [-0.4, -0.2) is 37.2 Å². The summed E-state index contributed by atoms with van der Waals surface area (Å²) >= 11 is 6.29. The van der Waals surface area contributed by atoms with E-state index in [1.165, 1.54) is 4.90 Å². The van der Waals surface area contributed by atoms with Gasteiger partial charge in [0.2, 0.25) is 0 Å². The van der Waals surface area contributed by atoms with Gasteiger partial charge in [0.15, 0.2) is 0 Å². The molecule has 1 aliphatic rings. The molecule has 0 spiro atoms. The molecule has 0 saturated carbocycles. The molecular formula is C13H14N2O3S2. The summed E-state index contributed by atoms with van der Waals surface area (Å²) in [7, 11) is 0. The van der Waals surface area contributed by atoms with Crippen LogP contribution in [0, 0.1) is 0 Å². The fourth-order valence-corrected chi connectivity index (χ4v) is 3.31. The maximum atomic E-state index is 12.3. The molecule has 7 heteroatoms. The number of nitrogens with zero attached hydrogens (tertiary/aromatic N) is 1. The van der Waals surface area contributed by atoms with Crippen LogP contribution in [0.2, 0.25) is 0 Å². The first-order valence-corrected chi connectivity index (χ1v) is 7.40. The number of rotatable bonds is 5. The third-order valence-corrected chi connectivity index (χ3v) is 4.22. The van der Waals surface area contributed by atoms with E-state index in [4.69, 9.17) is 12.2 Å². The number of carbonyl (C=O) groups excluding carboxylic acids is 1. The number of carboxylic acids is 1. The van der Waals surface area contributed by atoms with E-state index in [9.17, 15) is 14.7 Å². The van der Waals surface area contributed by atoms with E-state index in [0.717, 1.165) is 17.5 Å². The maximum Gasteiger partial charge on any atom is 0.326 e. The molecule has 1 aliphatic heterocycles. The lowest BCUT2D eigenvalue weighted by molar-refractivity contribution is -0.145. The molecule has 106 valence electrons. The van der Waals surface area contributed by atoms with Gasteiger partial charge in [-0.25, -0.2) is 4.79 Å². The van der Waals surface area contributed by atoms with Crippen molar-refractivity contribution in [2.24, 2.45) is 0 Å². The van der Waals surface area contributed by atoms with E-state index in [2.05, 4.69) is 4.98 Å². The molecule has 0 radical (unpaired) electrons. The predicted molar refractivity (Wildman–Crippen MR) is 82.1 cm³/mol. The highest BCUT2D eigenvalue weighted by atomic mass is 32.2. The molecular weight excluding hydrogens is 296 g/mol. The Morgan fingerprint density at radius 1 is 1.65 bits per heavy atom. The molecule has 20 heavy (non-hydrogen) atoms. The highest BCUT2D eigenvalue weighted by Crippen LogP contribution is 2.34. The molecule has 1 aromatic rings. The highest BCUT2D eigenvalue weighted by Gasteiger charge is 2.39. The second-order valence-corrected chi connectivity index (χ2v) is 6.00. The first kappa shape index (κ1) is 14.8. The number of carboxylic acid groups (broad SMARTS) is 1. The Morgan fingerprint density at radius 2 is 2.40 bits per heavy atom. The summed E-state index contributed by atoms with van der Waals surface area (Å²) < 4.78 is 0.300. The molecule has 2 heterocycles. The van der Waals surface area contributed by atoms with Gasteiger partial charge in [0.1, 0.15) is 10.4 Å². The number of carbonyl (C=O) groups is 2. The van der Waals surface area contributed by atoms with Gasteiger partial charge in [-0.15, -0.1) is 0 Å². The van der Waals surface area contributed by atoms with Gasteiger partial charge in [-0.1, -0.05) is 37.3 Å². The minimum atomic E-state index is -1.02. The van der Waals surface area contributed by atoms with E-state index >= 15 is 0 Å². The smallest absolute Gasteiger partial charge is 0.326 e. The van der Waals surface area contributed by atoms with Crippen LogP contribution in [0.5, 0.6) is 0 Å². The SMILES string of the molecule is CCC[C@H](C(=O)O)N1C(=O)/C(=C/c2ccc[nH]2)SC1=S. The fourth-order valence-electron chi connectivity index (χ4n) is 1.96. The Kier molecular flexibility index (Phi) is 4.61. The van der Waals surface area contributed by atoms with Gasteiger partial charge in [-0.05, 0) is 24.6 Å². The van der Waals surface area contributed by atoms with Crippen LogP contribution in [0.15, 0.2) is 23.2 Å². The number of aromatic amines is 1. The molecule has 2 N–H and O–H groups in total. The van der Waals surface area contributed by atoms with Crippen LogP contribution >= 0.6 is 24.0 Å². The molecule has 1 fully saturated rings. The van der Waals surface area contributed by atoms with E-state index < -0.39 is 12.0 Å². The van der Waals surface area contributed by atoms with Crippen molar-refractivity contribution in [3.63, 3.8) is 0 Å². The van der Waals surface area contributed by atoms with Gasteiger partial charge >= 0.3 is 5.97 Å². The van der Waals surface area contributed by atoms with Crippen molar-refractivity contribution < 1.29 is 14.7 Å². The Labute approximate surface area is 126 Å². The molecule has 1 saturated heterocycles. The van der Waals surface area contributed by atoms with Crippen molar-refractivity contribution in [2.45, 2.75) is 25.8 Å². The molecule has 0 aliphatic carbocycles. The Balaban J connectivity index is 2.26. The van der Waals surface area contributed by atoms with Crippen LogP contribution in [0.1, 0.15) is 25.5 Å². The van der Waals surface area contributed by atoms with E-state index in [1.807, 2.05) is 19.1 Å².